The highest BCUT2D eigenvalue weighted by Crippen LogP contribution is 2.13. The van der Waals surface area contributed by atoms with E-state index in [-0.39, 0.29) is 5.56 Å². The summed E-state index contributed by atoms with van der Waals surface area (Å²) >= 11 is 0. The van der Waals surface area contributed by atoms with E-state index in [9.17, 15) is 4.79 Å². The number of hydrogen-bond donors (Lipinski definition) is 1. The Morgan fingerprint density at radius 1 is 1.60 bits per heavy atom. The number of nitrogens with one attached hydrogen (secondary N) is 1. The molecular formula is C11H16N2O2. The van der Waals surface area contributed by atoms with Gasteiger partial charge in [-0.3, -0.25) is 4.79 Å². The first-order valence-electron chi connectivity index (χ1n) is 5.24. The molecule has 1 aliphatic rings. The van der Waals surface area contributed by atoms with E-state index in [2.05, 4.69) is 5.32 Å². The van der Waals surface area contributed by atoms with Crippen LogP contribution in [0.3, 0.4) is 0 Å². The van der Waals surface area contributed by atoms with Crippen LogP contribution in [0.1, 0.15) is 6.42 Å². The summed E-state index contributed by atoms with van der Waals surface area (Å²) in [4.78, 5) is 11.1. The monoisotopic (exact) mass is 208 g/mol. The van der Waals surface area contributed by atoms with Crippen molar-refractivity contribution in [1.82, 2.24) is 4.57 Å². The van der Waals surface area contributed by atoms with Crippen LogP contribution in [0.15, 0.2) is 23.1 Å². The third kappa shape index (κ3) is 2.59. The molecule has 2 heterocycles. The Hall–Kier alpha value is -1.29. The Kier molecular flexibility index (Phi) is 3.06. The Bertz CT molecular complexity index is 380. The van der Waals surface area contributed by atoms with Gasteiger partial charge in [-0.1, -0.05) is 0 Å². The third-order valence-electron chi connectivity index (χ3n) is 2.70. The van der Waals surface area contributed by atoms with Gasteiger partial charge in [0.15, 0.2) is 0 Å². The molecule has 4 nitrogen and oxygen atoms in total. The van der Waals surface area contributed by atoms with Crippen molar-refractivity contribution in [3.8, 4) is 0 Å². The van der Waals surface area contributed by atoms with Crippen molar-refractivity contribution in [2.45, 2.75) is 6.42 Å². The Balaban J connectivity index is 1.92. The number of hydrogen-bond acceptors (Lipinski definition) is 3. The maximum absolute atomic E-state index is 11.1. The first-order chi connectivity index (χ1) is 7.25. The van der Waals surface area contributed by atoms with Crippen LogP contribution in [-0.4, -0.2) is 24.3 Å². The van der Waals surface area contributed by atoms with E-state index < -0.39 is 0 Å². The van der Waals surface area contributed by atoms with Gasteiger partial charge in [-0.2, -0.15) is 0 Å². The highest BCUT2D eigenvalue weighted by atomic mass is 16.5. The Morgan fingerprint density at radius 2 is 2.47 bits per heavy atom. The quantitative estimate of drug-likeness (QED) is 0.800. The van der Waals surface area contributed by atoms with Crippen LogP contribution in [0.2, 0.25) is 0 Å². The van der Waals surface area contributed by atoms with Gasteiger partial charge < -0.3 is 14.6 Å². The van der Waals surface area contributed by atoms with E-state index >= 15 is 0 Å². The predicted molar refractivity (Wildman–Crippen MR) is 59.1 cm³/mol. The molecule has 0 bridgehead atoms. The highest BCUT2D eigenvalue weighted by Gasteiger charge is 2.14. The molecule has 1 aromatic heterocycles. The zero-order valence-electron chi connectivity index (χ0n) is 8.90. The van der Waals surface area contributed by atoms with Gasteiger partial charge in [0.05, 0.1) is 12.3 Å². The zero-order valence-corrected chi connectivity index (χ0v) is 8.90. The molecule has 1 N–H and O–H groups in total. The van der Waals surface area contributed by atoms with Crippen molar-refractivity contribution in [1.29, 1.82) is 0 Å². The fourth-order valence-electron chi connectivity index (χ4n) is 1.70. The predicted octanol–water partition coefficient (Wildman–Crippen LogP) is 0.834. The van der Waals surface area contributed by atoms with Gasteiger partial charge in [0.1, 0.15) is 0 Å². The topological polar surface area (TPSA) is 43.3 Å². The fraction of sp³-hybridized carbons (Fsp3) is 0.545. The Morgan fingerprint density at radius 3 is 3.13 bits per heavy atom. The summed E-state index contributed by atoms with van der Waals surface area (Å²) in [5.74, 6) is 0.599. The van der Waals surface area contributed by atoms with Crippen molar-refractivity contribution >= 4 is 5.69 Å². The standard InChI is InChI=1S/C11H16N2O2/c1-13-7-10(2-3-11(13)14)12-6-9-4-5-15-8-9/h2-3,7,9,12H,4-6,8H2,1H3. The molecule has 0 saturated carbocycles. The summed E-state index contributed by atoms with van der Waals surface area (Å²) in [5, 5.41) is 3.31. The second-order valence-electron chi connectivity index (χ2n) is 3.98. The lowest BCUT2D eigenvalue weighted by Gasteiger charge is -2.11. The van der Waals surface area contributed by atoms with Crippen molar-refractivity contribution < 1.29 is 4.74 Å². The number of aryl methyl sites for hydroxylation is 1. The number of pyridine rings is 1. The molecule has 2 rings (SSSR count). The molecule has 0 spiro atoms. The zero-order chi connectivity index (χ0) is 10.7. The molecule has 1 atom stereocenters. The summed E-state index contributed by atoms with van der Waals surface area (Å²) in [6.07, 6.45) is 2.94. The van der Waals surface area contributed by atoms with Crippen LogP contribution in [0.25, 0.3) is 0 Å². The average Bonchev–Trinajstić information content (AvgIpc) is 2.73. The molecule has 1 saturated heterocycles. The van der Waals surface area contributed by atoms with Gasteiger partial charge in [0.25, 0.3) is 0 Å². The maximum Gasteiger partial charge on any atom is 0.250 e. The molecule has 1 unspecified atom stereocenters. The van der Waals surface area contributed by atoms with E-state index in [0.29, 0.717) is 5.92 Å². The minimum atomic E-state index is 0.0183. The number of rotatable bonds is 3. The molecule has 0 radical (unpaired) electrons. The number of anilines is 1. The lowest BCUT2D eigenvalue weighted by Crippen LogP contribution is -2.18. The van der Waals surface area contributed by atoms with E-state index in [4.69, 9.17) is 4.74 Å². The van der Waals surface area contributed by atoms with Crippen LogP contribution < -0.4 is 10.9 Å². The summed E-state index contributed by atoms with van der Waals surface area (Å²) in [5.41, 5.74) is 1.01. The molecule has 0 amide bonds. The lowest BCUT2D eigenvalue weighted by atomic mass is 10.1. The lowest BCUT2D eigenvalue weighted by molar-refractivity contribution is 0.187. The first-order valence-corrected chi connectivity index (χ1v) is 5.24. The molecule has 82 valence electrons. The van der Waals surface area contributed by atoms with Gasteiger partial charge in [0.2, 0.25) is 5.56 Å². The fourth-order valence-corrected chi connectivity index (χ4v) is 1.70. The minimum Gasteiger partial charge on any atom is -0.383 e. The van der Waals surface area contributed by atoms with Gasteiger partial charge in [0, 0.05) is 38.4 Å². The van der Waals surface area contributed by atoms with Gasteiger partial charge >= 0.3 is 0 Å². The van der Waals surface area contributed by atoms with Crippen LogP contribution in [0.5, 0.6) is 0 Å². The van der Waals surface area contributed by atoms with E-state index in [1.54, 1.807) is 17.7 Å². The Labute approximate surface area is 88.9 Å². The van der Waals surface area contributed by atoms with Crippen molar-refractivity contribution in [2.75, 3.05) is 25.1 Å². The van der Waals surface area contributed by atoms with Crippen LogP contribution in [-0.2, 0) is 11.8 Å². The summed E-state index contributed by atoms with van der Waals surface area (Å²) in [6.45, 7) is 2.64. The number of ether oxygens (including phenoxy) is 1. The minimum absolute atomic E-state index is 0.0183. The van der Waals surface area contributed by atoms with Gasteiger partial charge in [-0.25, -0.2) is 0 Å². The van der Waals surface area contributed by atoms with Crippen molar-refractivity contribution in [2.24, 2.45) is 13.0 Å². The molecule has 4 heteroatoms. The van der Waals surface area contributed by atoms with Crippen LogP contribution in [0.4, 0.5) is 5.69 Å². The summed E-state index contributed by atoms with van der Waals surface area (Å²) < 4.78 is 6.87. The molecule has 1 aliphatic heterocycles. The van der Waals surface area contributed by atoms with E-state index in [1.165, 1.54) is 0 Å². The molecule has 15 heavy (non-hydrogen) atoms. The molecule has 1 aromatic rings. The van der Waals surface area contributed by atoms with Gasteiger partial charge in [-0.15, -0.1) is 0 Å². The van der Waals surface area contributed by atoms with E-state index in [0.717, 1.165) is 31.9 Å². The molecular weight excluding hydrogens is 192 g/mol. The molecule has 0 aromatic carbocycles. The SMILES string of the molecule is Cn1cc(NCC2CCOC2)ccc1=O. The van der Waals surface area contributed by atoms with Crippen molar-refractivity contribution in [3.63, 3.8) is 0 Å². The van der Waals surface area contributed by atoms with Crippen LogP contribution >= 0.6 is 0 Å². The van der Waals surface area contributed by atoms with Gasteiger partial charge in [-0.05, 0) is 12.5 Å². The second-order valence-corrected chi connectivity index (χ2v) is 3.98. The largest absolute Gasteiger partial charge is 0.383 e. The maximum atomic E-state index is 11.1. The number of nitrogens with zero attached hydrogens (tertiary/aromatic N) is 1. The normalized spacial score (nSPS) is 20.5. The van der Waals surface area contributed by atoms with Crippen molar-refractivity contribution in [3.05, 3.63) is 28.7 Å². The second kappa shape index (κ2) is 4.49. The summed E-state index contributed by atoms with van der Waals surface area (Å²) in [6, 6.07) is 3.39. The number of aromatic nitrogens is 1. The highest BCUT2D eigenvalue weighted by molar-refractivity contribution is 5.40. The van der Waals surface area contributed by atoms with E-state index in [1.807, 2.05) is 12.3 Å². The molecule has 1 fully saturated rings. The van der Waals surface area contributed by atoms with Crippen LogP contribution in [0, 0.1) is 5.92 Å². The molecule has 0 aliphatic carbocycles. The summed E-state index contributed by atoms with van der Waals surface area (Å²) in [7, 11) is 1.76. The first kappa shape index (κ1) is 10.2. The smallest absolute Gasteiger partial charge is 0.250 e. The third-order valence-corrected chi connectivity index (χ3v) is 2.70. The average molecular weight is 208 g/mol.